The quantitative estimate of drug-likeness (QED) is 0.578. The molecule has 2 rings (SSSR count). The first kappa shape index (κ1) is 21.4. The number of amides is 3. The van der Waals surface area contributed by atoms with E-state index in [9.17, 15) is 19.2 Å². The van der Waals surface area contributed by atoms with Crippen LogP contribution in [-0.2, 0) is 19.1 Å². The zero-order valence-electron chi connectivity index (χ0n) is 15.9. The van der Waals surface area contributed by atoms with Gasteiger partial charge in [-0.3, -0.25) is 14.4 Å². The number of carbonyl (C=O) groups excluding carboxylic acids is 4. The van der Waals surface area contributed by atoms with Crippen molar-refractivity contribution in [2.24, 2.45) is 5.73 Å². The van der Waals surface area contributed by atoms with E-state index < -0.39 is 23.9 Å². The van der Waals surface area contributed by atoms with E-state index in [0.29, 0.717) is 17.1 Å². The van der Waals surface area contributed by atoms with E-state index in [4.69, 9.17) is 15.2 Å². The van der Waals surface area contributed by atoms with Crippen LogP contribution in [0.25, 0.3) is 0 Å². The Kier molecular flexibility index (Phi) is 7.30. The molecule has 0 saturated heterocycles. The van der Waals surface area contributed by atoms with Gasteiger partial charge in [-0.2, -0.15) is 0 Å². The van der Waals surface area contributed by atoms with Gasteiger partial charge in [0, 0.05) is 18.3 Å². The fourth-order valence-electron chi connectivity index (χ4n) is 2.21. The summed E-state index contributed by atoms with van der Waals surface area (Å²) >= 11 is 0. The molecule has 0 heterocycles. The van der Waals surface area contributed by atoms with Crippen LogP contribution in [-0.4, -0.2) is 36.4 Å². The molecule has 9 heteroatoms. The Morgan fingerprint density at radius 3 is 2.00 bits per heavy atom. The SMILES string of the molecule is CC(=O)Nc1ccc(NC(=O)[C@H](C)OC(=O)c2ccc(OCC(N)=O)cc2)cc1. The molecule has 2 aromatic rings. The van der Waals surface area contributed by atoms with Crippen molar-refractivity contribution < 1.29 is 28.7 Å². The summed E-state index contributed by atoms with van der Waals surface area (Å²) in [5.41, 5.74) is 6.29. The van der Waals surface area contributed by atoms with Crippen LogP contribution in [0.4, 0.5) is 11.4 Å². The van der Waals surface area contributed by atoms with Gasteiger partial charge in [-0.25, -0.2) is 4.79 Å². The molecule has 1 atom stereocenters. The summed E-state index contributed by atoms with van der Waals surface area (Å²) in [6, 6.07) is 12.4. The van der Waals surface area contributed by atoms with Crippen LogP contribution in [0.3, 0.4) is 0 Å². The highest BCUT2D eigenvalue weighted by molar-refractivity contribution is 5.97. The number of rotatable bonds is 8. The molecule has 29 heavy (non-hydrogen) atoms. The van der Waals surface area contributed by atoms with Crippen LogP contribution in [0.5, 0.6) is 5.75 Å². The number of carbonyl (C=O) groups is 4. The van der Waals surface area contributed by atoms with Gasteiger partial charge in [0.05, 0.1) is 5.56 Å². The predicted molar refractivity (Wildman–Crippen MR) is 105 cm³/mol. The normalized spacial score (nSPS) is 11.1. The molecular weight excluding hydrogens is 378 g/mol. The van der Waals surface area contributed by atoms with Crippen molar-refractivity contribution in [3.05, 3.63) is 54.1 Å². The number of esters is 1. The van der Waals surface area contributed by atoms with Gasteiger partial charge in [0.1, 0.15) is 5.75 Å². The summed E-state index contributed by atoms with van der Waals surface area (Å²) < 4.78 is 10.3. The summed E-state index contributed by atoms with van der Waals surface area (Å²) in [7, 11) is 0. The van der Waals surface area contributed by atoms with Crippen LogP contribution in [0.15, 0.2) is 48.5 Å². The maximum atomic E-state index is 12.2. The minimum Gasteiger partial charge on any atom is -0.484 e. The van der Waals surface area contributed by atoms with Gasteiger partial charge in [0.2, 0.25) is 5.91 Å². The zero-order chi connectivity index (χ0) is 21.4. The van der Waals surface area contributed by atoms with Crippen molar-refractivity contribution in [1.29, 1.82) is 0 Å². The first-order chi connectivity index (χ1) is 13.7. The standard InChI is InChI=1S/C20H21N3O6/c1-12(19(26)23-16-7-5-15(6-8-16)22-13(2)24)29-20(27)14-3-9-17(10-4-14)28-11-18(21)25/h3-10,12H,11H2,1-2H3,(H2,21,25)(H,22,24)(H,23,26)/t12-/m0/s1. The lowest BCUT2D eigenvalue weighted by atomic mass is 10.2. The van der Waals surface area contributed by atoms with Crippen molar-refractivity contribution in [2.75, 3.05) is 17.2 Å². The first-order valence-electron chi connectivity index (χ1n) is 8.65. The summed E-state index contributed by atoms with van der Waals surface area (Å²) in [5, 5.41) is 5.24. The third-order valence-electron chi connectivity index (χ3n) is 3.60. The van der Waals surface area contributed by atoms with Crippen LogP contribution in [0.2, 0.25) is 0 Å². The molecule has 9 nitrogen and oxygen atoms in total. The number of benzene rings is 2. The van der Waals surface area contributed by atoms with Gasteiger partial charge in [-0.1, -0.05) is 0 Å². The monoisotopic (exact) mass is 399 g/mol. The average molecular weight is 399 g/mol. The lowest BCUT2D eigenvalue weighted by Crippen LogP contribution is -2.30. The van der Waals surface area contributed by atoms with Crippen molar-refractivity contribution in [2.45, 2.75) is 20.0 Å². The third kappa shape index (κ3) is 6.98. The minimum atomic E-state index is -1.04. The number of nitrogens with two attached hydrogens (primary N) is 1. The number of anilines is 2. The van der Waals surface area contributed by atoms with Gasteiger partial charge >= 0.3 is 5.97 Å². The Bertz CT molecular complexity index is 893. The maximum absolute atomic E-state index is 12.2. The highest BCUT2D eigenvalue weighted by atomic mass is 16.5. The molecule has 0 aliphatic carbocycles. The third-order valence-corrected chi connectivity index (χ3v) is 3.60. The summed E-state index contributed by atoms with van der Waals surface area (Å²) in [6.07, 6.45) is -1.04. The average Bonchev–Trinajstić information content (AvgIpc) is 2.67. The number of hydrogen-bond donors (Lipinski definition) is 3. The van der Waals surface area contributed by atoms with Crippen molar-refractivity contribution in [3.63, 3.8) is 0 Å². The molecule has 0 aliphatic rings. The van der Waals surface area contributed by atoms with Gasteiger partial charge in [0.25, 0.3) is 11.8 Å². The lowest BCUT2D eigenvalue weighted by molar-refractivity contribution is -0.123. The highest BCUT2D eigenvalue weighted by Gasteiger charge is 2.19. The molecule has 152 valence electrons. The number of ether oxygens (including phenoxy) is 2. The predicted octanol–water partition coefficient (Wildman–Crippen LogP) is 1.69. The topological polar surface area (TPSA) is 137 Å². The zero-order valence-corrected chi connectivity index (χ0v) is 15.9. The Balaban J connectivity index is 1.88. The highest BCUT2D eigenvalue weighted by Crippen LogP contribution is 2.16. The van der Waals surface area contributed by atoms with Gasteiger partial charge in [-0.05, 0) is 55.5 Å². The molecule has 0 aliphatic heterocycles. The molecule has 0 bridgehead atoms. The molecule has 0 fully saturated rings. The molecular formula is C20H21N3O6. The van der Waals surface area contributed by atoms with E-state index in [1.54, 1.807) is 24.3 Å². The van der Waals surface area contributed by atoms with E-state index in [1.807, 2.05) is 0 Å². The van der Waals surface area contributed by atoms with Gasteiger partial charge in [-0.15, -0.1) is 0 Å². The molecule has 0 radical (unpaired) electrons. The van der Waals surface area contributed by atoms with Gasteiger partial charge < -0.3 is 25.8 Å². The Labute approximate surface area is 167 Å². The second kappa shape index (κ2) is 9.88. The van der Waals surface area contributed by atoms with Crippen molar-refractivity contribution in [1.82, 2.24) is 0 Å². The molecule has 0 saturated carbocycles. The van der Waals surface area contributed by atoms with Crippen LogP contribution in [0, 0.1) is 0 Å². The fraction of sp³-hybridized carbons (Fsp3) is 0.200. The Morgan fingerprint density at radius 2 is 1.48 bits per heavy atom. The van der Waals surface area contributed by atoms with E-state index in [2.05, 4.69) is 10.6 Å². The fourth-order valence-corrected chi connectivity index (χ4v) is 2.21. The van der Waals surface area contributed by atoms with E-state index >= 15 is 0 Å². The smallest absolute Gasteiger partial charge is 0.338 e. The molecule has 0 unspecified atom stereocenters. The minimum absolute atomic E-state index is 0.199. The second-order valence-electron chi connectivity index (χ2n) is 6.07. The number of hydrogen-bond acceptors (Lipinski definition) is 6. The second-order valence-corrected chi connectivity index (χ2v) is 6.07. The van der Waals surface area contributed by atoms with E-state index in [-0.39, 0.29) is 18.1 Å². The van der Waals surface area contributed by atoms with Crippen molar-refractivity contribution >= 4 is 35.1 Å². The maximum Gasteiger partial charge on any atom is 0.338 e. The largest absolute Gasteiger partial charge is 0.484 e. The Hall–Kier alpha value is -3.88. The van der Waals surface area contributed by atoms with Crippen LogP contribution in [0.1, 0.15) is 24.2 Å². The number of nitrogens with one attached hydrogen (secondary N) is 2. The molecule has 3 amide bonds. The Morgan fingerprint density at radius 1 is 0.931 bits per heavy atom. The summed E-state index contributed by atoms with van der Waals surface area (Å²) in [6.45, 7) is 2.57. The molecule has 4 N–H and O–H groups in total. The first-order valence-corrected chi connectivity index (χ1v) is 8.65. The lowest BCUT2D eigenvalue weighted by Gasteiger charge is -2.14. The molecule has 0 spiro atoms. The summed E-state index contributed by atoms with van der Waals surface area (Å²) in [5.74, 6) is -1.64. The number of primary amides is 1. The van der Waals surface area contributed by atoms with Crippen molar-refractivity contribution in [3.8, 4) is 5.75 Å². The van der Waals surface area contributed by atoms with Crippen LogP contribution < -0.4 is 21.1 Å². The van der Waals surface area contributed by atoms with Crippen LogP contribution >= 0.6 is 0 Å². The van der Waals surface area contributed by atoms with E-state index in [0.717, 1.165) is 0 Å². The summed E-state index contributed by atoms with van der Waals surface area (Å²) in [4.78, 5) is 46.1. The van der Waals surface area contributed by atoms with Gasteiger partial charge in [0.15, 0.2) is 12.7 Å². The molecule has 2 aromatic carbocycles. The van der Waals surface area contributed by atoms with E-state index in [1.165, 1.54) is 38.1 Å². The molecule has 0 aromatic heterocycles.